The van der Waals surface area contributed by atoms with Crippen LogP contribution in [0.3, 0.4) is 0 Å². The van der Waals surface area contributed by atoms with Crippen LogP contribution >= 0.6 is 0 Å². The number of anilines is 1. The highest BCUT2D eigenvalue weighted by molar-refractivity contribution is 6.25. The van der Waals surface area contributed by atoms with E-state index in [9.17, 15) is 27.2 Å². The topological polar surface area (TPSA) is 65.3 Å². The molecular formula is C18H12F4N4O2. The lowest BCUT2D eigenvalue weighted by atomic mass is 10.1. The molecule has 10 heteroatoms. The molecule has 2 aromatic carbocycles. The van der Waals surface area contributed by atoms with E-state index in [4.69, 9.17) is 0 Å². The fourth-order valence-electron chi connectivity index (χ4n) is 3.23. The second kappa shape index (κ2) is 6.39. The molecule has 0 saturated carbocycles. The number of rotatable bonds is 3. The monoisotopic (exact) mass is 392 g/mol. The third-order valence-electron chi connectivity index (χ3n) is 4.54. The number of benzene rings is 2. The lowest BCUT2D eigenvalue weighted by Gasteiger charge is -2.21. The number of carbonyl (C=O) groups is 2. The molecule has 2 aliphatic heterocycles. The van der Waals surface area contributed by atoms with E-state index >= 15 is 0 Å². The molecule has 0 aliphatic carbocycles. The maximum absolute atomic E-state index is 13.1. The molecular weight excluding hydrogens is 380 g/mol. The second-order valence-electron chi connectivity index (χ2n) is 6.38. The summed E-state index contributed by atoms with van der Waals surface area (Å²) in [6, 6.07) is 7.32. The van der Waals surface area contributed by atoms with Crippen LogP contribution in [0.1, 0.15) is 11.1 Å². The van der Waals surface area contributed by atoms with E-state index in [-0.39, 0.29) is 17.8 Å². The predicted molar refractivity (Wildman–Crippen MR) is 88.3 cm³/mol. The Bertz CT molecular complexity index is 974. The maximum Gasteiger partial charge on any atom is 0.416 e. The lowest BCUT2D eigenvalue weighted by molar-refractivity contribution is -0.137. The van der Waals surface area contributed by atoms with Crippen LogP contribution in [0.25, 0.3) is 0 Å². The van der Waals surface area contributed by atoms with Gasteiger partial charge < -0.3 is 0 Å². The quantitative estimate of drug-likeness (QED) is 0.595. The Balaban J connectivity index is 1.58. The third kappa shape index (κ3) is 3.00. The normalized spacial score (nSPS) is 21.6. The van der Waals surface area contributed by atoms with E-state index in [1.54, 1.807) is 0 Å². The zero-order valence-corrected chi connectivity index (χ0v) is 14.1. The van der Waals surface area contributed by atoms with E-state index in [1.807, 2.05) is 0 Å². The molecule has 2 aromatic rings. The molecule has 2 heterocycles. The van der Waals surface area contributed by atoms with Crippen LogP contribution in [0.4, 0.5) is 23.2 Å². The molecule has 0 radical (unpaired) electrons. The van der Waals surface area contributed by atoms with Gasteiger partial charge >= 0.3 is 6.18 Å². The van der Waals surface area contributed by atoms with Crippen molar-refractivity contribution in [3.63, 3.8) is 0 Å². The zero-order chi connectivity index (χ0) is 20.1. The van der Waals surface area contributed by atoms with Crippen molar-refractivity contribution in [2.75, 3.05) is 4.90 Å². The first-order valence-corrected chi connectivity index (χ1v) is 8.22. The van der Waals surface area contributed by atoms with Crippen molar-refractivity contribution in [2.24, 2.45) is 10.3 Å². The second-order valence-corrected chi connectivity index (χ2v) is 6.38. The molecule has 2 atom stereocenters. The van der Waals surface area contributed by atoms with Crippen molar-refractivity contribution in [3.05, 3.63) is 65.5 Å². The van der Waals surface area contributed by atoms with Crippen LogP contribution in [-0.4, -0.2) is 28.9 Å². The van der Waals surface area contributed by atoms with Crippen LogP contribution in [-0.2, 0) is 22.3 Å². The molecule has 1 saturated heterocycles. The molecule has 0 bridgehead atoms. The van der Waals surface area contributed by atoms with E-state index in [0.29, 0.717) is 0 Å². The highest BCUT2D eigenvalue weighted by atomic mass is 19.4. The maximum atomic E-state index is 13.1. The fraction of sp³-hybridized carbons (Fsp3) is 0.222. The van der Waals surface area contributed by atoms with Crippen molar-refractivity contribution in [3.8, 4) is 0 Å². The highest BCUT2D eigenvalue weighted by Gasteiger charge is 2.54. The first kappa shape index (κ1) is 18.1. The third-order valence-corrected chi connectivity index (χ3v) is 4.54. The van der Waals surface area contributed by atoms with Crippen molar-refractivity contribution >= 4 is 17.5 Å². The molecule has 1 fully saturated rings. The molecule has 144 valence electrons. The predicted octanol–water partition coefficient (Wildman–Crippen LogP) is 3.34. The Hall–Kier alpha value is -3.30. The number of fused-ring (bicyclic) bond motifs is 1. The van der Waals surface area contributed by atoms with Gasteiger partial charge in [-0.3, -0.25) is 14.6 Å². The Morgan fingerprint density at radius 2 is 1.71 bits per heavy atom. The summed E-state index contributed by atoms with van der Waals surface area (Å²) in [7, 11) is 0. The van der Waals surface area contributed by atoms with Crippen molar-refractivity contribution < 1.29 is 27.2 Å². The van der Waals surface area contributed by atoms with E-state index in [1.165, 1.54) is 29.3 Å². The fourth-order valence-corrected chi connectivity index (χ4v) is 3.23. The minimum absolute atomic E-state index is 0.120. The lowest BCUT2D eigenvalue weighted by Crippen LogP contribution is -2.39. The number of imide groups is 1. The summed E-state index contributed by atoms with van der Waals surface area (Å²) in [5, 5.41) is 8.81. The smallest absolute Gasteiger partial charge is 0.271 e. The van der Waals surface area contributed by atoms with Gasteiger partial charge in [0.25, 0.3) is 11.8 Å². The summed E-state index contributed by atoms with van der Waals surface area (Å²) >= 11 is 0. The Morgan fingerprint density at radius 3 is 2.39 bits per heavy atom. The largest absolute Gasteiger partial charge is 0.416 e. The average Bonchev–Trinajstić information content (AvgIpc) is 3.16. The average molecular weight is 392 g/mol. The molecule has 2 aliphatic rings. The van der Waals surface area contributed by atoms with Gasteiger partial charge in [0, 0.05) is 0 Å². The summed E-state index contributed by atoms with van der Waals surface area (Å²) in [6.07, 6.45) is -4.50. The van der Waals surface area contributed by atoms with Gasteiger partial charge in [-0.25, -0.2) is 9.29 Å². The first-order chi connectivity index (χ1) is 13.3. The zero-order valence-electron chi connectivity index (χ0n) is 14.1. The van der Waals surface area contributed by atoms with Gasteiger partial charge in [-0.15, -0.1) is 0 Å². The summed E-state index contributed by atoms with van der Waals surface area (Å²) in [4.78, 5) is 26.2. The molecule has 0 unspecified atom stereocenters. The van der Waals surface area contributed by atoms with Crippen LogP contribution in [0.5, 0.6) is 0 Å². The van der Waals surface area contributed by atoms with Crippen molar-refractivity contribution in [1.29, 1.82) is 0 Å². The number of carbonyl (C=O) groups excluding carboxylic acids is 2. The molecule has 0 N–H and O–H groups in total. The van der Waals surface area contributed by atoms with Crippen LogP contribution in [0.15, 0.2) is 58.9 Å². The van der Waals surface area contributed by atoms with Crippen molar-refractivity contribution in [2.45, 2.75) is 24.8 Å². The number of halogens is 4. The molecule has 2 amide bonds. The minimum atomic E-state index is -4.50. The van der Waals surface area contributed by atoms with E-state index in [2.05, 4.69) is 10.3 Å². The van der Waals surface area contributed by atoms with Gasteiger partial charge in [-0.05, 0) is 42.0 Å². The number of amides is 2. The summed E-state index contributed by atoms with van der Waals surface area (Å²) in [5.41, 5.74) is -0.352. The first-order valence-electron chi connectivity index (χ1n) is 8.22. The number of alkyl halides is 3. The summed E-state index contributed by atoms with van der Waals surface area (Å²) in [6.45, 7) is -0.120. The highest BCUT2D eigenvalue weighted by Crippen LogP contribution is 2.34. The molecule has 4 rings (SSSR count). The Labute approximate surface area is 156 Å². The SMILES string of the molecule is O=C1[C@@H]2N=NN(Cc3cccc(C(F)(F)F)c3)[C@H]2C(=O)N1c1ccc(F)cc1. The van der Waals surface area contributed by atoms with Crippen LogP contribution < -0.4 is 4.90 Å². The standard InChI is InChI=1S/C18H12F4N4O2/c19-12-4-6-13(7-5-12)26-16(27)14-15(17(26)28)25(24-23-14)9-10-2-1-3-11(8-10)18(20,21)22/h1-8,14-15H,9H2/t14-,15-/m1/s1. The minimum Gasteiger partial charge on any atom is -0.271 e. The van der Waals surface area contributed by atoms with Gasteiger partial charge in [0.1, 0.15) is 5.82 Å². The summed E-state index contributed by atoms with van der Waals surface area (Å²) in [5.74, 6) is -1.75. The number of hydrogen-bond donors (Lipinski definition) is 0. The van der Waals surface area contributed by atoms with Gasteiger partial charge in [0.2, 0.25) is 0 Å². The van der Waals surface area contributed by atoms with E-state index in [0.717, 1.165) is 29.2 Å². The van der Waals surface area contributed by atoms with Crippen molar-refractivity contribution in [1.82, 2.24) is 5.01 Å². The molecule has 0 spiro atoms. The van der Waals surface area contributed by atoms with Gasteiger partial charge in [0.05, 0.1) is 17.8 Å². The molecule has 6 nitrogen and oxygen atoms in total. The van der Waals surface area contributed by atoms with Gasteiger partial charge in [-0.2, -0.15) is 18.3 Å². The summed E-state index contributed by atoms with van der Waals surface area (Å²) < 4.78 is 51.8. The van der Waals surface area contributed by atoms with E-state index < -0.39 is 41.5 Å². The van der Waals surface area contributed by atoms with Gasteiger partial charge in [-0.1, -0.05) is 17.4 Å². The Morgan fingerprint density at radius 1 is 1.00 bits per heavy atom. The Kier molecular flexibility index (Phi) is 4.13. The van der Waals surface area contributed by atoms with Crippen LogP contribution in [0, 0.1) is 5.82 Å². The van der Waals surface area contributed by atoms with Gasteiger partial charge in [0.15, 0.2) is 12.1 Å². The number of hydrogen-bond acceptors (Lipinski definition) is 5. The molecule has 0 aromatic heterocycles. The number of nitrogens with zero attached hydrogens (tertiary/aromatic N) is 4. The van der Waals surface area contributed by atoms with Crippen LogP contribution in [0.2, 0.25) is 0 Å². The molecule has 28 heavy (non-hydrogen) atoms.